The van der Waals surface area contributed by atoms with E-state index in [9.17, 15) is 18.0 Å². The highest BCUT2D eigenvalue weighted by molar-refractivity contribution is 6.40. The van der Waals surface area contributed by atoms with Gasteiger partial charge in [0.15, 0.2) is 6.10 Å². The van der Waals surface area contributed by atoms with Gasteiger partial charge in [0, 0.05) is 12.6 Å². The van der Waals surface area contributed by atoms with Crippen molar-refractivity contribution in [2.24, 2.45) is 10.3 Å². The van der Waals surface area contributed by atoms with Gasteiger partial charge in [-0.3, -0.25) is 4.79 Å². The summed E-state index contributed by atoms with van der Waals surface area (Å²) < 4.78 is 37.6. The SMILES string of the molecule is O=C(N/C=N/O)C1=NO[C@@H](CNc2ncc(C(F)(F)F)cc2Cl)C1. The minimum Gasteiger partial charge on any atom is -0.410 e. The molecule has 2 heterocycles. The standard InChI is InChI=1S/C12H11ClF3N5O3/c13-8-1-6(12(14,15)16)3-17-10(8)18-4-7-2-9(21-24-7)11(22)19-5-20-23/h1,3,5,7,23H,2,4H2,(H,17,18)(H,19,20,22)/t7-/m1/s1. The van der Waals surface area contributed by atoms with Crippen LogP contribution in [0.15, 0.2) is 22.6 Å². The molecule has 0 aliphatic carbocycles. The molecule has 8 nitrogen and oxygen atoms in total. The van der Waals surface area contributed by atoms with Crippen LogP contribution < -0.4 is 10.6 Å². The topological polar surface area (TPSA) is 108 Å². The minimum atomic E-state index is -4.53. The quantitative estimate of drug-likeness (QED) is 0.319. The molecule has 24 heavy (non-hydrogen) atoms. The molecular formula is C12H11ClF3N5O3. The number of halogens is 4. The van der Waals surface area contributed by atoms with Crippen LogP contribution in [-0.2, 0) is 15.8 Å². The number of alkyl halides is 3. The summed E-state index contributed by atoms with van der Waals surface area (Å²) in [5.41, 5.74) is -0.879. The number of aromatic nitrogens is 1. The van der Waals surface area contributed by atoms with Crippen LogP contribution in [0.25, 0.3) is 0 Å². The van der Waals surface area contributed by atoms with Gasteiger partial charge in [0.05, 0.1) is 17.1 Å². The number of carbonyl (C=O) groups is 1. The molecular weight excluding hydrogens is 355 g/mol. The fourth-order valence-corrected chi connectivity index (χ4v) is 2.01. The summed E-state index contributed by atoms with van der Waals surface area (Å²) in [6.07, 6.45) is -3.47. The van der Waals surface area contributed by atoms with Crippen molar-refractivity contribution in [3.63, 3.8) is 0 Å². The van der Waals surface area contributed by atoms with E-state index in [1.165, 1.54) is 0 Å². The van der Waals surface area contributed by atoms with Crippen molar-refractivity contribution < 1.29 is 28.0 Å². The van der Waals surface area contributed by atoms with E-state index in [4.69, 9.17) is 21.6 Å². The first-order chi connectivity index (χ1) is 11.3. The molecule has 1 amide bonds. The van der Waals surface area contributed by atoms with Crippen LogP contribution in [0.5, 0.6) is 0 Å². The predicted molar refractivity (Wildman–Crippen MR) is 78.1 cm³/mol. The highest BCUT2D eigenvalue weighted by atomic mass is 35.5. The molecule has 0 saturated carbocycles. The maximum absolute atomic E-state index is 12.5. The summed E-state index contributed by atoms with van der Waals surface area (Å²) in [6, 6.07) is 0.760. The van der Waals surface area contributed by atoms with E-state index < -0.39 is 23.8 Å². The van der Waals surface area contributed by atoms with Crippen LogP contribution in [-0.4, -0.2) is 40.8 Å². The number of carbonyl (C=O) groups excluding carboxylic acids is 1. The Morgan fingerprint density at radius 1 is 1.58 bits per heavy atom. The molecule has 1 atom stereocenters. The summed E-state index contributed by atoms with van der Waals surface area (Å²) in [7, 11) is 0. The largest absolute Gasteiger partial charge is 0.417 e. The normalized spacial score (nSPS) is 17.5. The molecule has 1 aromatic heterocycles. The summed E-state index contributed by atoms with van der Waals surface area (Å²) in [5, 5.41) is 19.1. The molecule has 3 N–H and O–H groups in total. The third-order valence-corrected chi connectivity index (χ3v) is 3.20. The second kappa shape index (κ2) is 7.34. The Morgan fingerprint density at radius 2 is 2.33 bits per heavy atom. The van der Waals surface area contributed by atoms with Crippen molar-refractivity contribution in [1.82, 2.24) is 10.3 Å². The summed E-state index contributed by atoms with van der Waals surface area (Å²) in [4.78, 5) is 20.2. The molecule has 1 aromatic rings. The van der Waals surface area contributed by atoms with Gasteiger partial charge in [-0.1, -0.05) is 21.9 Å². The maximum Gasteiger partial charge on any atom is 0.417 e. The lowest BCUT2D eigenvalue weighted by molar-refractivity contribution is -0.137. The highest BCUT2D eigenvalue weighted by Gasteiger charge is 2.32. The van der Waals surface area contributed by atoms with Gasteiger partial charge in [0.25, 0.3) is 5.91 Å². The van der Waals surface area contributed by atoms with Crippen LogP contribution in [0.4, 0.5) is 19.0 Å². The molecule has 12 heteroatoms. The molecule has 0 spiro atoms. The van der Waals surface area contributed by atoms with Crippen molar-refractivity contribution in [3.8, 4) is 0 Å². The number of anilines is 1. The number of pyridine rings is 1. The smallest absolute Gasteiger partial charge is 0.410 e. The Bertz CT molecular complexity index is 680. The van der Waals surface area contributed by atoms with E-state index in [-0.39, 0.29) is 29.5 Å². The summed E-state index contributed by atoms with van der Waals surface area (Å²) in [5.74, 6) is -0.542. The second-order valence-corrected chi connectivity index (χ2v) is 5.03. The summed E-state index contributed by atoms with van der Waals surface area (Å²) in [6.45, 7) is 0.118. The van der Waals surface area contributed by atoms with Crippen molar-refractivity contribution in [3.05, 3.63) is 22.8 Å². The van der Waals surface area contributed by atoms with E-state index in [2.05, 4.69) is 25.9 Å². The predicted octanol–water partition coefficient (Wildman–Crippen LogP) is 1.84. The van der Waals surface area contributed by atoms with E-state index in [1.54, 1.807) is 0 Å². The van der Waals surface area contributed by atoms with Crippen molar-refractivity contribution in [1.29, 1.82) is 0 Å². The van der Waals surface area contributed by atoms with Gasteiger partial charge in [-0.2, -0.15) is 13.2 Å². The Labute approximate surface area is 138 Å². The number of nitrogens with zero attached hydrogens (tertiary/aromatic N) is 3. The average Bonchev–Trinajstić information content (AvgIpc) is 2.99. The summed E-state index contributed by atoms with van der Waals surface area (Å²) >= 11 is 5.76. The van der Waals surface area contributed by atoms with Crippen LogP contribution >= 0.6 is 11.6 Å². The molecule has 0 radical (unpaired) electrons. The van der Waals surface area contributed by atoms with Gasteiger partial charge in [-0.25, -0.2) is 4.98 Å². The van der Waals surface area contributed by atoms with Gasteiger partial charge in [-0.15, -0.1) is 0 Å². The molecule has 2 rings (SSSR count). The molecule has 1 aliphatic heterocycles. The lowest BCUT2D eigenvalue weighted by Crippen LogP contribution is -2.30. The van der Waals surface area contributed by atoms with Crippen LogP contribution in [0, 0.1) is 0 Å². The number of oxime groups is 2. The lowest BCUT2D eigenvalue weighted by atomic mass is 10.1. The Hall–Kier alpha value is -2.56. The third kappa shape index (κ3) is 4.47. The van der Waals surface area contributed by atoms with Crippen molar-refractivity contribution in [2.45, 2.75) is 18.7 Å². The molecule has 0 unspecified atom stereocenters. The van der Waals surface area contributed by atoms with Gasteiger partial charge in [0.2, 0.25) is 0 Å². The Balaban J connectivity index is 1.88. The Kier molecular flexibility index (Phi) is 5.44. The zero-order valence-electron chi connectivity index (χ0n) is 11.8. The average molecular weight is 366 g/mol. The first-order valence-electron chi connectivity index (χ1n) is 6.47. The fourth-order valence-electron chi connectivity index (χ4n) is 1.78. The van der Waals surface area contributed by atoms with Crippen molar-refractivity contribution in [2.75, 3.05) is 11.9 Å². The molecule has 130 valence electrons. The van der Waals surface area contributed by atoms with E-state index in [0.29, 0.717) is 6.20 Å². The molecule has 0 saturated heterocycles. The van der Waals surface area contributed by atoms with Gasteiger partial charge >= 0.3 is 6.18 Å². The minimum absolute atomic E-state index is 0.0542. The first-order valence-corrected chi connectivity index (χ1v) is 6.85. The zero-order valence-corrected chi connectivity index (χ0v) is 12.6. The number of hydrogen-bond donors (Lipinski definition) is 3. The monoisotopic (exact) mass is 365 g/mol. The van der Waals surface area contributed by atoms with Crippen LogP contribution in [0.3, 0.4) is 0 Å². The molecule has 0 fully saturated rings. The first kappa shape index (κ1) is 17.8. The number of amides is 1. The highest BCUT2D eigenvalue weighted by Crippen LogP contribution is 2.32. The van der Waals surface area contributed by atoms with Gasteiger partial charge in [0.1, 0.15) is 17.9 Å². The van der Waals surface area contributed by atoms with Crippen LogP contribution in [0.1, 0.15) is 12.0 Å². The third-order valence-electron chi connectivity index (χ3n) is 2.91. The van der Waals surface area contributed by atoms with Crippen LogP contribution in [0.2, 0.25) is 5.02 Å². The molecule has 0 aromatic carbocycles. The van der Waals surface area contributed by atoms with E-state index in [1.807, 2.05) is 0 Å². The zero-order chi connectivity index (χ0) is 17.7. The lowest BCUT2D eigenvalue weighted by Gasteiger charge is -2.13. The molecule has 0 bridgehead atoms. The maximum atomic E-state index is 12.5. The fraction of sp³-hybridized carbons (Fsp3) is 0.333. The number of nitrogens with one attached hydrogen (secondary N) is 2. The number of rotatable bonds is 5. The second-order valence-electron chi connectivity index (χ2n) is 4.62. The van der Waals surface area contributed by atoms with Crippen molar-refractivity contribution >= 4 is 35.4 Å². The Morgan fingerprint density at radius 3 is 2.96 bits per heavy atom. The van der Waals surface area contributed by atoms with Gasteiger partial charge < -0.3 is 20.7 Å². The molecule has 1 aliphatic rings. The number of hydrogen-bond acceptors (Lipinski definition) is 7. The van der Waals surface area contributed by atoms with E-state index in [0.717, 1.165) is 12.4 Å². The van der Waals surface area contributed by atoms with Gasteiger partial charge in [-0.05, 0) is 6.07 Å². The van der Waals surface area contributed by atoms with E-state index >= 15 is 0 Å².